The van der Waals surface area contributed by atoms with Crippen molar-refractivity contribution < 1.29 is 5.11 Å². The van der Waals surface area contributed by atoms with E-state index in [1.807, 2.05) is 31.3 Å². The molecule has 0 saturated heterocycles. The summed E-state index contributed by atoms with van der Waals surface area (Å²) in [6.45, 7) is 2.53. The number of aliphatic hydroxyl groups is 1. The Labute approximate surface area is 122 Å². The molecule has 0 spiro atoms. The molecule has 1 aromatic carbocycles. The summed E-state index contributed by atoms with van der Waals surface area (Å²) in [5.41, 5.74) is 2.05. The van der Waals surface area contributed by atoms with Gasteiger partial charge in [0.15, 0.2) is 0 Å². The van der Waals surface area contributed by atoms with Crippen molar-refractivity contribution in [1.29, 1.82) is 0 Å². The highest BCUT2D eigenvalue weighted by molar-refractivity contribution is 9.10. The summed E-state index contributed by atoms with van der Waals surface area (Å²) < 4.78 is 1.08. The van der Waals surface area contributed by atoms with Gasteiger partial charge in [-0.25, -0.2) is 4.98 Å². The zero-order valence-corrected chi connectivity index (χ0v) is 12.6. The third kappa shape index (κ3) is 3.78. The van der Waals surface area contributed by atoms with Crippen molar-refractivity contribution in [3.05, 3.63) is 58.2 Å². The molecular formula is C15H17BrN2O. The van der Waals surface area contributed by atoms with Gasteiger partial charge in [-0.3, -0.25) is 0 Å². The van der Waals surface area contributed by atoms with Gasteiger partial charge in [-0.1, -0.05) is 34.1 Å². The maximum Gasteiger partial charge on any atom is 0.128 e. The number of rotatable bonds is 4. The van der Waals surface area contributed by atoms with Gasteiger partial charge < -0.3 is 10.0 Å². The number of aliphatic hydroxyl groups excluding tert-OH is 1. The Balaban J connectivity index is 2.09. The minimum Gasteiger partial charge on any atom is -0.389 e. The van der Waals surface area contributed by atoms with E-state index in [1.54, 1.807) is 13.1 Å². The topological polar surface area (TPSA) is 36.4 Å². The summed E-state index contributed by atoms with van der Waals surface area (Å²) in [4.78, 5) is 6.45. The van der Waals surface area contributed by atoms with Crippen molar-refractivity contribution in [2.24, 2.45) is 0 Å². The Hall–Kier alpha value is -1.39. The molecule has 100 valence electrons. The number of hydrogen-bond donors (Lipinski definition) is 1. The lowest BCUT2D eigenvalue weighted by Gasteiger charge is -2.19. The van der Waals surface area contributed by atoms with E-state index in [2.05, 4.69) is 37.9 Å². The van der Waals surface area contributed by atoms with Gasteiger partial charge in [-0.05, 0) is 36.2 Å². The van der Waals surface area contributed by atoms with Crippen molar-refractivity contribution in [3.63, 3.8) is 0 Å². The van der Waals surface area contributed by atoms with Crippen LogP contribution >= 0.6 is 15.9 Å². The molecule has 2 aromatic rings. The van der Waals surface area contributed by atoms with Crippen LogP contribution in [0.3, 0.4) is 0 Å². The number of halogens is 1. The first kappa shape index (κ1) is 14.0. The van der Waals surface area contributed by atoms with Gasteiger partial charge in [-0.2, -0.15) is 0 Å². The molecule has 1 atom stereocenters. The molecule has 0 aliphatic rings. The Morgan fingerprint density at radius 3 is 2.68 bits per heavy atom. The molecule has 3 nitrogen and oxygen atoms in total. The zero-order valence-electron chi connectivity index (χ0n) is 11.0. The van der Waals surface area contributed by atoms with E-state index in [0.29, 0.717) is 0 Å². The van der Waals surface area contributed by atoms with E-state index in [9.17, 15) is 5.11 Å². The Morgan fingerprint density at radius 2 is 2.11 bits per heavy atom. The number of benzene rings is 1. The van der Waals surface area contributed by atoms with Crippen LogP contribution in [-0.4, -0.2) is 17.1 Å². The molecule has 0 fully saturated rings. The average Bonchev–Trinajstić information content (AvgIpc) is 2.39. The Kier molecular flexibility index (Phi) is 4.56. The molecule has 0 unspecified atom stereocenters. The molecule has 0 aliphatic carbocycles. The van der Waals surface area contributed by atoms with Gasteiger partial charge in [0.05, 0.1) is 6.10 Å². The van der Waals surface area contributed by atoms with Crippen LogP contribution in [0.25, 0.3) is 0 Å². The van der Waals surface area contributed by atoms with Crippen molar-refractivity contribution in [2.45, 2.75) is 19.6 Å². The second-order valence-corrected chi connectivity index (χ2v) is 5.53. The van der Waals surface area contributed by atoms with Crippen molar-refractivity contribution in [3.8, 4) is 0 Å². The summed E-state index contributed by atoms with van der Waals surface area (Å²) in [5, 5.41) is 9.46. The number of pyridine rings is 1. The maximum absolute atomic E-state index is 9.46. The SMILES string of the molecule is C[C@@H](O)c1ccc(N(C)Cc2cccc(Br)c2)nc1. The Bertz CT molecular complexity index is 540. The molecular weight excluding hydrogens is 304 g/mol. The standard InChI is InChI=1S/C15H17BrN2O/c1-11(19)13-6-7-15(17-9-13)18(2)10-12-4-3-5-14(16)8-12/h3-9,11,19H,10H2,1-2H3/t11-/m1/s1. The smallest absolute Gasteiger partial charge is 0.128 e. The fraction of sp³-hybridized carbons (Fsp3) is 0.267. The largest absolute Gasteiger partial charge is 0.389 e. The van der Waals surface area contributed by atoms with Crippen LogP contribution in [0.5, 0.6) is 0 Å². The summed E-state index contributed by atoms with van der Waals surface area (Å²) in [6, 6.07) is 12.1. The van der Waals surface area contributed by atoms with Crippen molar-refractivity contribution in [1.82, 2.24) is 4.98 Å². The van der Waals surface area contributed by atoms with Crippen LogP contribution in [-0.2, 0) is 6.54 Å². The van der Waals surface area contributed by atoms with Crippen molar-refractivity contribution in [2.75, 3.05) is 11.9 Å². The molecule has 1 N–H and O–H groups in total. The average molecular weight is 321 g/mol. The molecule has 19 heavy (non-hydrogen) atoms. The van der Waals surface area contributed by atoms with E-state index >= 15 is 0 Å². The molecule has 1 aromatic heterocycles. The zero-order chi connectivity index (χ0) is 13.8. The molecule has 0 aliphatic heterocycles. The summed E-state index contributed by atoms with van der Waals surface area (Å²) in [6.07, 6.45) is 1.24. The fourth-order valence-corrected chi connectivity index (χ4v) is 2.31. The minimum atomic E-state index is -0.475. The number of nitrogens with zero attached hydrogens (tertiary/aromatic N) is 2. The van der Waals surface area contributed by atoms with E-state index in [4.69, 9.17) is 0 Å². The van der Waals surface area contributed by atoms with Crippen LogP contribution in [0, 0.1) is 0 Å². The van der Waals surface area contributed by atoms with Gasteiger partial charge in [0.25, 0.3) is 0 Å². The van der Waals surface area contributed by atoms with Crippen LogP contribution in [0.4, 0.5) is 5.82 Å². The summed E-state index contributed by atoms with van der Waals surface area (Å²) >= 11 is 3.47. The molecule has 0 radical (unpaired) electrons. The summed E-state index contributed by atoms with van der Waals surface area (Å²) in [5.74, 6) is 0.893. The third-order valence-corrected chi connectivity index (χ3v) is 3.45. The van der Waals surface area contributed by atoms with Crippen molar-refractivity contribution >= 4 is 21.7 Å². The number of hydrogen-bond acceptors (Lipinski definition) is 3. The molecule has 0 saturated carbocycles. The predicted octanol–water partition coefficient (Wildman–Crippen LogP) is 3.53. The van der Waals surface area contributed by atoms with Crippen LogP contribution in [0.15, 0.2) is 47.1 Å². The normalized spacial score (nSPS) is 12.2. The maximum atomic E-state index is 9.46. The lowest BCUT2D eigenvalue weighted by molar-refractivity contribution is 0.199. The lowest BCUT2D eigenvalue weighted by atomic mass is 10.2. The van der Waals surface area contributed by atoms with Gasteiger partial charge in [0.2, 0.25) is 0 Å². The van der Waals surface area contributed by atoms with Gasteiger partial charge in [-0.15, -0.1) is 0 Å². The first-order valence-corrected chi connectivity index (χ1v) is 6.95. The molecule has 0 amide bonds. The monoisotopic (exact) mass is 320 g/mol. The highest BCUT2D eigenvalue weighted by Crippen LogP contribution is 2.18. The number of anilines is 1. The fourth-order valence-electron chi connectivity index (χ4n) is 1.86. The van der Waals surface area contributed by atoms with Gasteiger partial charge in [0.1, 0.15) is 5.82 Å². The number of aromatic nitrogens is 1. The van der Waals surface area contributed by atoms with Gasteiger partial charge in [0, 0.05) is 24.3 Å². The lowest BCUT2D eigenvalue weighted by Crippen LogP contribution is -2.17. The first-order valence-electron chi connectivity index (χ1n) is 6.16. The van der Waals surface area contributed by atoms with Crippen LogP contribution < -0.4 is 4.90 Å². The van der Waals surface area contributed by atoms with Gasteiger partial charge >= 0.3 is 0 Å². The minimum absolute atomic E-state index is 0.475. The Morgan fingerprint density at radius 1 is 1.32 bits per heavy atom. The second kappa shape index (κ2) is 6.17. The van der Waals surface area contributed by atoms with E-state index < -0.39 is 6.10 Å². The predicted molar refractivity (Wildman–Crippen MR) is 81.1 cm³/mol. The van der Waals surface area contributed by atoms with E-state index in [1.165, 1.54) is 5.56 Å². The second-order valence-electron chi connectivity index (χ2n) is 4.61. The van der Waals surface area contributed by atoms with E-state index in [-0.39, 0.29) is 0 Å². The summed E-state index contributed by atoms with van der Waals surface area (Å²) in [7, 11) is 2.01. The van der Waals surface area contributed by atoms with Crippen LogP contribution in [0.1, 0.15) is 24.2 Å². The van der Waals surface area contributed by atoms with E-state index in [0.717, 1.165) is 22.4 Å². The molecule has 1 heterocycles. The quantitative estimate of drug-likeness (QED) is 0.936. The molecule has 4 heteroatoms. The third-order valence-electron chi connectivity index (χ3n) is 2.95. The molecule has 0 bridgehead atoms. The molecule has 2 rings (SSSR count). The first-order chi connectivity index (χ1) is 9.06. The van der Waals surface area contributed by atoms with Crippen LogP contribution in [0.2, 0.25) is 0 Å². The highest BCUT2D eigenvalue weighted by atomic mass is 79.9. The highest BCUT2D eigenvalue weighted by Gasteiger charge is 2.06.